The SMILES string of the molecule is O/C(=C/Br)c1cccc2ccccc12. The first kappa shape index (κ1) is 9.28. The van der Waals surface area contributed by atoms with Gasteiger partial charge in [-0.1, -0.05) is 58.4 Å². The van der Waals surface area contributed by atoms with Crippen LogP contribution in [0.4, 0.5) is 0 Å². The summed E-state index contributed by atoms with van der Waals surface area (Å²) < 4.78 is 0. The average molecular weight is 249 g/mol. The topological polar surface area (TPSA) is 20.2 Å². The van der Waals surface area contributed by atoms with Gasteiger partial charge in [0.15, 0.2) is 0 Å². The van der Waals surface area contributed by atoms with E-state index in [1.165, 1.54) is 4.99 Å². The van der Waals surface area contributed by atoms with E-state index in [0.717, 1.165) is 16.3 Å². The zero-order valence-corrected chi connectivity index (χ0v) is 9.03. The number of fused-ring (bicyclic) bond motifs is 1. The van der Waals surface area contributed by atoms with Crippen molar-refractivity contribution in [3.05, 3.63) is 53.0 Å². The van der Waals surface area contributed by atoms with Crippen molar-refractivity contribution in [2.45, 2.75) is 0 Å². The van der Waals surface area contributed by atoms with Crippen LogP contribution in [0.2, 0.25) is 0 Å². The molecule has 1 nitrogen and oxygen atoms in total. The van der Waals surface area contributed by atoms with E-state index < -0.39 is 0 Å². The quantitative estimate of drug-likeness (QED) is 0.754. The fourth-order valence-corrected chi connectivity index (χ4v) is 1.75. The highest BCUT2D eigenvalue weighted by Gasteiger charge is 2.02. The third-order valence-corrected chi connectivity index (χ3v) is 2.60. The average Bonchev–Trinajstić information content (AvgIpc) is 2.27. The Balaban J connectivity index is 2.77. The van der Waals surface area contributed by atoms with Gasteiger partial charge in [-0.25, -0.2) is 0 Å². The van der Waals surface area contributed by atoms with Gasteiger partial charge in [0.2, 0.25) is 0 Å². The van der Waals surface area contributed by atoms with Crippen molar-refractivity contribution in [2.75, 3.05) is 0 Å². The predicted molar refractivity (Wildman–Crippen MR) is 63.5 cm³/mol. The minimum absolute atomic E-state index is 0.252. The molecule has 2 aromatic rings. The summed E-state index contributed by atoms with van der Waals surface area (Å²) in [5.74, 6) is 0.252. The molecule has 0 aliphatic heterocycles. The standard InChI is InChI=1S/C12H9BrO/c13-8-12(14)11-7-3-5-9-4-1-2-6-10(9)11/h1-8,14H/b12-8+. The predicted octanol–water partition coefficient (Wildman–Crippen LogP) is 4.09. The van der Waals surface area contributed by atoms with Crippen LogP contribution in [0.25, 0.3) is 16.5 Å². The van der Waals surface area contributed by atoms with Gasteiger partial charge in [-0.15, -0.1) is 0 Å². The van der Waals surface area contributed by atoms with Crippen molar-refractivity contribution in [1.29, 1.82) is 0 Å². The van der Waals surface area contributed by atoms with E-state index in [-0.39, 0.29) is 5.76 Å². The summed E-state index contributed by atoms with van der Waals surface area (Å²) >= 11 is 3.13. The highest BCUT2D eigenvalue weighted by atomic mass is 79.9. The second kappa shape index (κ2) is 3.84. The summed E-state index contributed by atoms with van der Waals surface area (Å²) in [5.41, 5.74) is 0.847. The monoisotopic (exact) mass is 248 g/mol. The summed E-state index contributed by atoms with van der Waals surface area (Å²) in [7, 11) is 0. The Morgan fingerprint density at radius 1 is 1.07 bits per heavy atom. The summed E-state index contributed by atoms with van der Waals surface area (Å²) in [6.07, 6.45) is 0. The summed E-state index contributed by atoms with van der Waals surface area (Å²) in [6.45, 7) is 0. The molecule has 0 saturated heterocycles. The molecule has 0 saturated carbocycles. The number of hydrogen-bond acceptors (Lipinski definition) is 1. The Kier molecular flexibility index (Phi) is 2.55. The molecule has 0 aliphatic carbocycles. The van der Waals surface area contributed by atoms with Crippen molar-refractivity contribution in [3.8, 4) is 0 Å². The Bertz CT molecular complexity index is 483. The van der Waals surface area contributed by atoms with Crippen LogP contribution in [0, 0.1) is 0 Å². The Labute approximate surface area is 90.8 Å². The first-order valence-electron chi connectivity index (χ1n) is 4.30. The number of hydrogen-bond donors (Lipinski definition) is 1. The molecule has 0 heterocycles. The maximum atomic E-state index is 9.64. The van der Waals surface area contributed by atoms with Crippen LogP contribution in [0.3, 0.4) is 0 Å². The minimum atomic E-state index is 0.252. The van der Waals surface area contributed by atoms with Gasteiger partial charge in [-0.2, -0.15) is 0 Å². The lowest BCUT2D eigenvalue weighted by Gasteiger charge is -2.04. The lowest BCUT2D eigenvalue weighted by atomic mass is 10.0. The molecular weight excluding hydrogens is 240 g/mol. The summed E-state index contributed by atoms with van der Waals surface area (Å²) in [4.78, 5) is 1.52. The van der Waals surface area contributed by atoms with Gasteiger partial charge in [0.05, 0.1) is 0 Å². The van der Waals surface area contributed by atoms with E-state index in [1.54, 1.807) is 0 Å². The van der Waals surface area contributed by atoms with Gasteiger partial charge in [0.25, 0.3) is 0 Å². The molecule has 0 spiro atoms. The smallest absolute Gasteiger partial charge is 0.130 e. The van der Waals surface area contributed by atoms with E-state index in [4.69, 9.17) is 0 Å². The molecule has 0 radical (unpaired) electrons. The van der Waals surface area contributed by atoms with Crippen LogP contribution in [-0.4, -0.2) is 5.11 Å². The fraction of sp³-hybridized carbons (Fsp3) is 0. The molecule has 0 aliphatic rings. The fourth-order valence-electron chi connectivity index (χ4n) is 1.51. The van der Waals surface area contributed by atoms with Gasteiger partial charge in [0.1, 0.15) is 5.76 Å². The molecule has 0 atom stereocenters. The largest absolute Gasteiger partial charge is 0.507 e. The molecule has 2 rings (SSSR count). The van der Waals surface area contributed by atoms with Crippen molar-refractivity contribution < 1.29 is 5.11 Å². The van der Waals surface area contributed by atoms with E-state index in [2.05, 4.69) is 15.9 Å². The van der Waals surface area contributed by atoms with Gasteiger partial charge >= 0.3 is 0 Å². The van der Waals surface area contributed by atoms with Crippen LogP contribution in [-0.2, 0) is 0 Å². The Hall–Kier alpha value is -1.28. The van der Waals surface area contributed by atoms with Crippen molar-refractivity contribution >= 4 is 32.5 Å². The van der Waals surface area contributed by atoms with E-state index in [0.29, 0.717) is 0 Å². The van der Waals surface area contributed by atoms with Crippen molar-refractivity contribution in [3.63, 3.8) is 0 Å². The second-order valence-electron chi connectivity index (χ2n) is 3.02. The zero-order valence-electron chi connectivity index (χ0n) is 7.44. The minimum Gasteiger partial charge on any atom is -0.507 e. The maximum absolute atomic E-state index is 9.64. The lowest BCUT2D eigenvalue weighted by Crippen LogP contribution is -1.83. The lowest BCUT2D eigenvalue weighted by molar-refractivity contribution is 0.514. The van der Waals surface area contributed by atoms with Crippen LogP contribution >= 0.6 is 15.9 Å². The van der Waals surface area contributed by atoms with Crippen molar-refractivity contribution in [2.24, 2.45) is 0 Å². The number of rotatable bonds is 1. The van der Waals surface area contributed by atoms with Crippen LogP contribution < -0.4 is 0 Å². The Morgan fingerprint density at radius 3 is 2.57 bits per heavy atom. The molecule has 0 amide bonds. The first-order chi connectivity index (χ1) is 6.83. The molecule has 1 N–H and O–H groups in total. The van der Waals surface area contributed by atoms with Crippen LogP contribution in [0.5, 0.6) is 0 Å². The maximum Gasteiger partial charge on any atom is 0.130 e. The van der Waals surface area contributed by atoms with Gasteiger partial charge in [-0.3, -0.25) is 0 Å². The molecule has 2 aromatic carbocycles. The first-order valence-corrected chi connectivity index (χ1v) is 5.22. The van der Waals surface area contributed by atoms with Gasteiger partial charge in [0, 0.05) is 10.5 Å². The van der Waals surface area contributed by atoms with E-state index in [9.17, 15) is 5.11 Å². The van der Waals surface area contributed by atoms with Gasteiger partial charge in [-0.05, 0) is 10.8 Å². The second-order valence-corrected chi connectivity index (χ2v) is 3.48. The summed E-state index contributed by atoms with van der Waals surface area (Å²) in [5, 5.41) is 11.8. The molecule has 70 valence electrons. The molecular formula is C12H9BrO. The highest BCUT2D eigenvalue weighted by molar-refractivity contribution is 9.11. The number of aliphatic hydroxyl groups excluding tert-OH is 1. The summed E-state index contributed by atoms with van der Waals surface area (Å²) in [6, 6.07) is 13.8. The third-order valence-electron chi connectivity index (χ3n) is 2.17. The van der Waals surface area contributed by atoms with Crippen LogP contribution in [0.1, 0.15) is 5.56 Å². The highest BCUT2D eigenvalue weighted by Crippen LogP contribution is 2.23. The molecule has 0 fully saturated rings. The molecule has 14 heavy (non-hydrogen) atoms. The number of halogens is 1. The third kappa shape index (κ3) is 1.53. The van der Waals surface area contributed by atoms with Crippen LogP contribution in [0.15, 0.2) is 47.4 Å². The molecule has 0 bridgehead atoms. The molecule has 0 aromatic heterocycles. The van der Waals surface area contributed by atoms with Crippen molar-refractivity contribution in [1.82, 2.24) is 0 Å². The Morgan fingerprint density at radius 2 is 1.79 bits per heavy atom. The van der Waals surface area contributed by atoms with E-state index >= 15 is 0 Å². The van der Waals surface area contributed by atoms with Gasteiger partial charge < -0.3 is 5.11 Å². The molecule has 0 unspecified atom stereocenters. The van der Waals surface area contributed by atoms with E-state index in [1.807, 2.05) is 42.5 Å². The number of aliphatic hydroxyl groups is 1. The molecule has 2 heteroatoms. The normalized spacial score (nSPS) is 11.9. The number of benzene rings is 2. The zero-order chi connectivity index (χ0) is 9.97.